The Bertz CT molecular complexity index is 300. The minimum absolute atomic E-state index is 0.639. The van der Waals surface area contributed by atoms with Gasteiger partial charge in [-0.15, -0.1) is 0 Å². The molecule has 0 heterocycles. The van der Waals surface area contributed by atoms with Crippen molar-refractivity contribution in [1.29, 1.82) is 0 Å². The van der Waals surface area contributed by atoms with Gasteiger partial charge in [-0.25, -0.2) is 0 Å². The van der Waals surface area contributed by atoms with Crippen LogP contribution in [0.1, 0.15) is 18.9 Å². The summed E-state index contributed by atoms with van der Waals surface area (Å²) in [5.74, 6) is 1.59. The molecule has 1 aromatic carbocycles. The van der Waals surface area contributed by atoms with Crippen molar-refractivity contribution in [3.8, 4) is 11.5 Å². The van der Waals surface area contributed by atoms with Crippen LogP contribution in [0.4, 0.5) is 0 Å². The first-order valence-corrected chi connectivity index (χ1v) is 5.31. The van der Waals surface area contributed by atoms with E-state index < -0.39 is 0 Å². The molecule has 1 aromatic rings. The fraction of sp³-hybridized carbons (Fsp3) is 0.500. The lowest BCUT2D eigenvalue weighted by molar-refractivity contribution is 0.291. The molecule has 0 spiro atoms. The molecule has 0 saturated carbocycles. The summed E-state index contributed by atoms with van der Waals surface area (Å²) >= 11 is 0. The quantitative estimate of drug-likeness (QED) is 0.729. The van der Waals surface area contributed by atoms with E-state index in [4.69, 9.17) is 15.2 Å². The second-order valence-corrected chi connectivity index (χ2v) is 3.33. The summed E-state index contributed by atoms with van der Waals surface area (Å²) in [6.07, 6.45) is 1.86. The average molecular weight is 209 g/mol. The smallest absolute Gasteiger partial charge is 0.161 e. The lowest BCUT2D eigenvalue weighted by atomic mass is 10.1. The van der Waals surface area contributed by atoms with Crippen molar-refractivity contribution in [3.63, 3.8) is 0 Å². The van der Waals surface area contributed by atoms with Crippen molar-refractivity contribution in [2.45, 2.75) is 19.8 Å². The number of benzene rings is 1. The Labute approximate surface area is 91.2 Å². The zero-order valence-electron chi connectivity index (χ0n) is 9.45. The Morgan fingerprint density at radius 2 is 2.07 bits per heavy atom. The molecule has 0 unspecified atom stereocenters. The van der Waals surface area contributed by atoms with E-state index in [9.17, 15) is 0 Å². The second kappa shape index (κ2) is 6.30. The van der Waals surface area contributed by atoms with Crippen LogP contribution in [0.3, 0.4) is 0 Å². The van der Waals surface area contributed by atoms with E-state index in [-0.39, 0.29) is 0 Å². The van der Waals surface area contributed by atoms with Gasteiger partial charge in [-0.05, 0) is 37.1 Å². The molecule has 15 heavy (non-hydrogen) atoms. The van der Waals surface area contributed by atoms with Gasteiger partial charge in [0, 0.05) is 0 Å². The van der Waals surface area contributed by atoms with Crippen LogP contribution in [0.15, 0.2) is 18.2 Å². The fourth-order valence-electron chi connectivity index (χ4n) is 1.32. The molecule has 0 saturated heterocycles. The molecular weight excluding hydrogens is 190 g/mol. The number of rotatable bonds is 6. The second-order valence-electron chi connectivity index (χ2n) is 3.33. The van der Waals surface area contributed by atoms with Crippen LogP contribution in [0, 0.1) is 0 Å². The van der Waals surface area contributed by atoms with Gasteiger partial charge in [0.1, 0.15) is 0 Å². The zero-order valence-corrected chi connectivity index (χ0v) is 9.45. The Morgan fingerprint density at radius 1 is 1.27 bits per heavy atom. The van der Waals surface area contributed by atoms with Gasteiger partial charge in [0.25, 0.3) is 0 Å². The van der Waals surface area contributed by atoms with Crippen LogP contribution in [-0.2, 0) is 6.42 Å². The number of nitrogens with two attached hydrogens (primary N) is 1. The van der Waals surface area contributed by atoms with E-state index in [0.29, 0.717) is 13.2 Å². The maximum Gasteiger partial charge on any atom is 0.161 e. The van der Waals surface area contributed by atoms with Crippen molar-refractivity contribution in [2.24, 2.45) is 5.73 Å². The molecule has 3 heteroatoms. The monoisotopic (exact) mass is 209 g/mol. The van der Waals surface area contributed by atoms with Gasteiger partial charge in [-0.2, -0.15) is 0 Å². The molecule has 0 bridgehead atoms. The topological polar surface area (TPSA) is 44.5 Å². The average Bonchev–Trinajstić information content (AvgIpc) is 2.29. The van der Waals surface area contributed by atoms with Crippen LogP contribution in [-0.4, -0.2) is 20.3 Å². The van der Waals surface area contributed by atoms with E-state index in [1.807, 2.05) is 12.1 Å². The summed E-state index contributed by atoms with van der Waals surface area (Å²) in [5.41, 5.74) is 6.66. The van der Waals surface area contributed by atoms with Crippen molar-refractivity contribution >= 4 is 0 Å². The first-order chi connectivity index (χ1) is 7.31. The zero-order chi connectivity index (χ0) is 11.1. The fourth-order valence-corrected chi connectivity index (χ4v) is 1.32. The molecule has 0 atom stereocenters. The van der Waals surface area contributed by atoms with Crippen LogP contribution < -0.4 is 15.2 Å². The SMILES string of the molecule is CCc1ccc(OC)c(OCCCN)c1. The molecule has 0 aliphatic carbocycles. The maximum absolute atomic E-state index is 5.61. The highest BCUT2D eigenvalue weighted by Crippen LogP contribution is 2.28. The summed E-state index contributed by atoms with van der Waals surface area (Å²) in [4.78, 5) is 0. The highest BCUT2D eigenvalue weighted by Gasteiger charge is 2.04. The summed E-state index contributed by atoms with van der Waals surface area (Å²) < 4.78 is 10.8. The molecule has 2 N–H and O–H groups in total. The molecule has 3 nitrogen and oxygen atoms in total. The van der Waals surface area contributed by atoms with E-state index in [0.717, 1.165) is 24.3 Å². The molecule has 0 radical (unpaired) electrons. The lowest BCUT2D eigenvalue weighted by Crippen LogP contribution is -2.06. The summed E-state index contributed by atoms with van der Waals surface area (Å²) in [6.45, 7) is 3.40. The van der Waals surface area contributed by atoms with E-state index in [1.165, 1.54) is 5.56 Å². The van der Waals surface area contributed by atoms with E-state index in [1.54, 1.807) is 7.11 Å². The minimum Gasteiger partial charge on any atom is -0.493 e. The van der Waals surface area contributed by atoms with Crippen molar-refractivity contribution in [2.75, 3.05) is 20.3 Å². The number of methoxy groups -OCH3 is 1. The maximum atomic E-state index is 5.61. The molecular formula is C12H19NO2. The molecule has 0 aromatic heterocycles. The van der Waals surface area contributed by atoms with Gasteiger partial charge in [0.2, 0.25) is 0 Å². The van der Waals surface area contributed by atoms with Crippen molar-refractivity contribution < 1.29 is 9.47 Å². The van der Waals surface area contributed by atoms with Gasteiger partial charge in [-0.1, -0.05) is 13.0 Å². The third-order valence-corrected chi connectivity index (χ3v) is 2.24. The first kappa shape index (κ1) is 11.9. The predicted molar refractivity (Wildman–Crippen MR) is 61.5 cm³/mol. The highest BCUT2D eigenvalue weighted by molar-refractivity contribution is 5.42. The predicted octanol–water partition coefficient (Wildman–Crippen LogP) is 1.99. The minimum atomic E-state index is 0.639. The van der Waals surface area contributed by atoms with Gasteiger partial charge in [0.15, 0.2) is 11.5 Å². The number of ether oxygens (including phenoxy) is 2. The third kappa shape index (κ3) is 3.44. The van der Waals surface area contributed by atoms with Crippen molar-refractivity contribution in [1.82, 2.24) is 0 Å². The Morgan fingerprint density at radius 3 is 2.67 bits per heavy atom. The normalized spacial score (nSPS) is 10.1. The van der Waals surface area contributed by atoms with E-state index in [2.05, 4.69) is 13.0 Å². The number of hydrogen-bond acceptors (Lipinski definition) is 3. The Kier molecular flexibility index (Phi) is 4.98. The van der Waals surface area contributed by atoms with Gasteiger partial charge >= 0.3 is 0 Å². The molecule has 0 aliphatic rings. The Balaban J connectivity index is 2.72. The first-order valence-electron chi connectivity index (χ1n) is 5.31. The molecule has 84 valence electrons. The summed E-state index contributed by atoms with van der Waals surface area (Å²) in [6, 6.07) is 6.01. The number of hydrogen-bond donors (Lipinski definition) is 1. The summed E-state index contributed by atoms with van der Waals surface area (Å²) in [5, 5.41) is 0. The molecule has 0 fully saturated rings. The third-order valence-electron chi connectivity index (χ3n) is 2.24. The molecule has 1 rings (SSSR count). The standard InChI is InChI=1S/C12H19NO2/c1-3-10-5-6-11(14-2)12(9-10)15-8-4-7-13/h5-6,9H,3-4,7-8,13H2,1-2H3. The van der Waals surface area contributed by atoms with Crippen LogP contribution in [0.5, 0.6) is 11.5 Å². The Hall–Kier alpha value is -1.22. The van der Waals surface area contributed by atoms with Crippen LogP contribution >= 0.6 is 0 Å². The van der Waals surface area contributed by atoms with Gasteiger partial charge in [-0.3, -0.25) is 0 Å². The van der Waals surface area contributed by atoms with Crippen LogP contribution in [0.2, 0.25) is 0 Å². The molecule has 0 amide bonds. The number of aryl methyl sites for hydroxylation is 1. The summed E-state index contributed by atoms with van der Waals surface area (Å²) in [7, 11) is 1.65. The van der Waals surface area contributed by atoms with Gasteiger partial charge in [0.05, 0.1) is 13.7 Å². The van der Waals surface area contributed by atoms with Crippen LogP contribution in [0.25, 0.3) is 0 Å². The lowest BCUT2D eigenvalue weighted by Gasteiger charge is -2.11. The largest absolute Gasteiger partial charge is 0.493 e. The van der Waals surface area contributed by atoms with Crippen molar-refractivity contribution in [3.05, 3.63) is 23.8 Å². The molecule has 0 aliphatic heterocycles. The van der Waals surface area contributed by atoms with E-state index >= 15 is 0 Å². The van der Waals surface area contributed by atoms with Gasteiger partial charge < -0.3 is 15.2 Å². The highest BCUT2D eigenvalue weighted by atomic mass is 16.5.